The maximum Gasteiger partial charge on any atom is 0.321 e. The van der Waals surface area contributed by atoms with Gasteiger partial charge in [0.15, 0.2) is 0 Å². The number of rotatable bonds is 0. The Morgan fingerprint density at radius 2 is 1.93 bits per heavy atom. The zero-order chi connectivity index (χ0) is 10.7. The van der Waals surface area contributed by atoms with Gasteiger partial charge in [0.1, 0.15) is 0 Å². The first-order valence-corrected chi connectivity index (χ1v) is 5.68. The van der Waals surface area contributed by atoms with Gasteiger partial charge in [-0.3, -0.25) is 0 Å². The van der Waals surface area contributed by atoms with E-state index in [-0.39, 0.29) is 12.2 Å². The molecule has 0 spiro atoms. The number of amides is 2. The van der Waals surface area contributed by atoms with Crippen LogP contribution in [0.5, 0.6) is 0 Å². The van der Waals surface area contributed by atoms with Crippen LogP contribution in [0.4, 0.5) is 4.79 Å². The van der Waals surface area contributed by atoms with Crippen molar-refractivity contribution in [3.05, 3.63) is 0 Å². The van der Waals surface area contributed by atoms with Crippen LogP contribution in [0.2, 0.25) is 0 Å². The van der Waals surface area contributed by atoms with E-state index in [1.165, 1.54) is 0 Å². The number of carbonyl (C=O) groups excluding carboxylic acids is 1. The summed E-state index contributed by atoms with van der Waals surface area (Å²) < 4.78 is 5.22. The molecule has 0 bridgehead atoms. The summed E-state index contributed by atoms with van der Waals surface area (Å²) in [5.74, 6) is 0. The lowest BCUT2D eigenvalue weighted by Gasteiger charge is -2.38. The third-order valence-electron chi connectivity index (χ3n) is 3.08. The average Bonchev–Trinajstić information content (AvgIpc) is 2.30. The molecule has 15 heavy (non-hydrogen) atoms. The smallest absolute Gasteiger partial charge is 0.321 e. The highest BCUT2D eigenvalue weighted by atomic mass is 16.5. The summed E-state index contributed by atoms with van der Waals surface area (Å²) in [6.45, 7) is 3.49. The molecule has 0 aliphatic carbocycles. The molecule has 0 radical (unpaired) electrons. The highest BCUT2D eigenvalue weighted by Gasteiger charge is 2.28. The van der Waals surface area contributed by atoms with Crippen LogP contribution >= 0.6 is 0 Å². The second-order valence-corrected chi connectivity index (χ2v) is 4.14. The number of urea groups is 1. The minimum atomic E-state index is -0.0888. The van der Waals surface area contributed by atoms with E-state index in [9.17, 15) is 4.79 Å². The van der Waals surface area contributed by atoms with Gasteiger partial charge in [-0.15, -0.1) is 0 Å². The van der Waals surface area contributed by atoms with Gasteiger partial charge in [0.2, 0.25) is 0 Å². The lowest BCUT2D eigenvalue weighted by molar-refractivity contribution is 0.0360. The molecule has 0 aromatic carbocycles. The molecule has 2 fully saturated rings. The van der Waals surface area contributed by atoms with Gasteiger partial charge in [-0.25, -0.2) is 4.79 Å². The predicted molar refractivity (Wildman–Crippen MR) is 56.3 cm³/mol. The first-order chi connectivity index (χ1) is 7.29. The van der Waals surface area contributed by atoms with Crippen molar-refractivity contribution in [3.8, 4) is 0 Å². The van der Waals surface area contributed by atoms with Crippen LogP contribution in [0.25, 0.3) is 0 Å². The molecule has 2 saturated heterocycles. The Labute approximate surface area is 90.1 Å². The van der Waals surface area contributed by atoms with Crippen molar-refractivity contribution in [2.45, 2.75) is 25.4 Å². The van der Waals surface area contributed by atoms with Crippen molar-refractivity contribution in [2.24, 2.45) is 5.73 Å². The lowest BCUT2D eigenvalue weighted by Crippen LogP contribution is -2.55. The summed E-state index contributed by atoms with van der Waals surface area (Å²) in [6.07, 6.45) is 3.04. The Bertz CT molecular complexity index is 229. The number of carbonyl (C=O) groups is 1. The standard InChI is InChI=1S/C10H19N3O2/c11-9-3-1-2-4-13(9)10(14)12-5-7-15-8-6-12/h9H,1-8,11H2. The van der Waals surface area contributed by atoms with Crippen LogP contribution in [0, 0.1) is 0 Å². The molecule has 2 rings (SSSR count). The largest absolute Gasteiger partial charge is 0.378 e. The molecule has 2 aliphatic heterocycles. The maximum atomic E-state index is 12.1. The Morgan fingerprint density at radius 1 is 1.20 bits per heavy atom. The molecule has 2 heterocycles. The molecule has 2 amide bonds. The van der Waals surface area contributed by atoms with E-state index in [0.29, 0.717) is 26.3 Å². The van der Waals surface area contributed by atoms with E-state index < -0.39 is 0 Å². The van der Waals surface area contributed by atoms with E-state index >= 15 is 0 Å². The summed E-state index contributed by atoms with van der Waals surface area (Å²) in [7, 11) is 0. The minimum absolute atomic E-state index is 0.0884. The molecule has 2 aliphatic rings. The Balaban J connectivity index is 1.92. The van der Waals surface area contributed by atoms with Gasteiger partial charge in [0.05, 0.1) is 19.4 Å². The Kier molecular flexibility index (Phi) is 3.43. The molecule has 0 saturated carbocycles. The van der Waals surface area contributed by atoms with Crippen LogP contribution in [0.15, 0.2) is 0 Å². The van der Waals surface area contributed by atoms with Gasteiger partial charge in [-0.05, 0) is 19.3 Å². The van der Waals surface area contributed by atoms with Crippen molar-refractivity contribution >= 4 is 6.03 Å². The van der Waals surface area contributed by atoms with E-state index in [1.807, 2.05) is 4.90 Å². The van der Waals surface area contributed by atoms with E-state index in [1.54, 1.807) is 4.90 Å². The summed E-state index contributed by atoms with van der Waals surface area (Å²) in [6, 6.07) is 0.0884. The number of hydrogen-bond donors (Lipinski definition) is 1. The average molecular weight is 213 g/mol. The summed E-state index contributed by atoms with van der Waals surface area (Å²) >= 11 is 0. The molecule has 86 valence electrons. The quantitative estimate of drug-likeness (QED) is 0.625. The van der Waals surface area contributed by atoms with Crippen LogP contribution in [-0.2, 0) is 4.74 Å². The van der Waals surface area contributed by atoms with Gasteiger partial charge < -0.3 is 20.3 Å². The van der Waals surface area contributed by atoms with Gasteiger partial charge in [-0.2, -0.15) is 0 Å². The lowest BCUT2D eigenvalue weighted by atomic mass is 10.1. The maximum absolute atomic E-state index is 12.1. The number of likely N-dealkylation sites (tertiary alicyclic amines) is 1. The van der Waals surface area contributed by atoms with E-state index in [2.05, 4.69) is 0 Å². The topological polar surface area (TPSA) is 58.8 Å². The summed E-state index contributed by atoms with van der Waals surface area (Å²) in [5, 5.41) is 0. The third kappa shape index (κ3) is 2.41. The van der Waals surface area contributed by atoms with Crippen molar-refractivity contribution in [1.29, 1.82) is 0 Å². The minimum Gasteiger partial charge on any atom is -0.378 e. The van der Waals surface area contributed by atoms with Crippen LogP contribution in [-0.4, -0.2) is 54.8 Å². The zero-order valence-corrected chi connectivity index (χ0v) is 9.02. The van der Waals surface area contributed by atoms with E-state index in [4.69, 9.17) is 10.5 Å². The number of piperidine rings is 1. The summed E-state index contributed by atoms with van der Waals surface area (Å²) in [4.78, 5) is 15.7. The molecule has 0 aromatic heterocycles. The van der Waals surface area contributed by atoms with Gasteiger partial charge >= 0.3 is 6.03 Å². The fourth-order valence-electron chi connectivity index (χ4n) is 2.13. The zero-order valence-electron chi connectivity index (χ0n) is 9.02. The van der Waals surface area contributed by atoms with Gasteiger partial charge in [0, 0.05) is 19.6 Å². The van der Waals surface area contributed by atoms with Crippen LogP contribution in [0.1, 0.15) is 19.3 Å². The van der Waals surface area contributed by atoms with Gasteiger partial charge in [-0.1, -0.05) is 0 Å². The number of nitrogens with two attached hydrogens (primary N) is 1. The Morgan fingerprint density at radius 3 is 2.60 bits per heavy atom. The SMILES string of the molecule is NC1CCCCN1C(=O)N1CCOCC1. The fourth-order valence-corrected chi connectivity index (χ4v) is 2.13. The number of nitrogens with zero attached hydrogens (tertiary/aromatic N) is 2. The van der Waals surface area contributed by atoms with Gasteiger partial charge in [0.25, 0.3) is 0 Å². The molecule has 1 atom stereocenters. The van der Waals surface area contributed by atoms with E-state index in [0.717, 1.165) is 25.8 Å². The molecule has 5 nitrogen and oxygen atoms in total. The molecule has 1 unspecified atom stereocenters. The monoisotopic (exact) mass is 213 g/mol. The normalized spacial score (nSPS) is 27.9. The molecular formula is C10H19N3O2. The summed E-state index contributed by atoms with van der Waals surface area (Å²) in [5.41, 5.74) is 5.93. The number of morpholine rings is 1. The molecule has 2 N–H and O–H groups in total. The van der Waals surface area contributed by atoms with Crippen molar-refractivity contribution in [3.63, 3.8) is 0 Å². The molecular weight excluding hydrogens is 194 g/mol. The van der Waals surface area contributed by atoms with Crippen molar-refractivity contribution < 1.29 is 9.53 Å². The van der Waals surface area contributed by atoms with Crippen LogP contribution in [0.3, 0.4) is 0 Å². The molecule has 5 heteroatoms. The first kappa shape index (κ1) is 10.7. The third-order valence-corrected chi connectivity index (χ3v) is 3.08. The number of hydrogen-bond acceptors (Lipinski definition) is 3. The molecule has 0 aromatic rings. The Hall–Kier alpha value is -0.810. The number of ether oxygens (including phenoxy) is 1. The second-order valence-electron chi connectivity index (χ2n) is 4.14. The van der Waals surface area contributed by atoms with Crippen molar-refractivity contribution in [1.82, 2.24) is 9.80 Å². The second kappa shape index (κ2) is 4.81. The fraction of sp³-hybridized carbons (Fsp3) is 0.900. The van der Waals surface area contributed by atoms with Crippen LogP contribution < -0.4 is 5.73 Å². The highest BCUT2D eigenvalue weighted by molar-refractivity contribution is 5.75. The highest BCUT2D eigenvalue weighted by Crippen LogP contribution is 2.15. The first-order valence-electron chi connectivity index (χ1n) is 5.68. The van der Waals surface area contributed by atoms with Crippen molar-refractivity contribution in [2.75, 3.05) is 32.8 Å². The predicted octanol–water partition coefficient (Wildman–Crippen LogP) is 0.209.